The van der Waals surface area contributed by atoms with Gasteiger partial charge in [0.25, 0.3) is 0 Å². The fourth-order valence-electron chi connectivity index (χ4n) is 3.04. The minimum absolute atomic E-state index is 0.202. The van der Waals surface area contributed by atoms with Gasteiger partial charge in [-0.3, -0.25) is 9.55 Å². The zero-order valence-electron chi connectivity index (χ0n) is 16.5. The van der Waals surface area contributed by atoms with Crippen molar-refractivity contribution in [1.29, 1.82) is 10.5 Å². The van der Waals surface area contributed by atoms with Crippen LogP contribution in [0.1, 0.15) is 38.2 Å². The average molecular weight is 403 g/mol. The van der Waals surface area contributed by atoms with Gasteiger partial charge < -0.3 is 0 Å². The van der Waals surface area contributed by atoms with Crippen LogP contribution < -0.4 is 0 Å². The van der Waals surface area contributed by atoms with Gasteiger partial charge >= 0.3 is 0 Å². The maximum Gasteiger partial charge on any atom is 0.196 e. The van der Waals surface area contributed by atoms with Crippen LogP contribution in [0.4, 0.5) is 0 Å². The molecule has 146 valence electrons. The van der Waals surface area contributed by atoms with Crippen molar-refractivity contribution in [2.75, 3.05) is 5.75 Å². The van der Waals surface area contributed by atoms with Crippen molar-refractivity contribution in [3.05, 3.63) is 54.4 Å². The van der Waals surface area contributed by atoms with Crippen molar-refractivity contribution in [2.45, 2.75) is 37.8 Å². The molecule has 3 aromatic rings. The number of nitrogens with zero attached hydrogens (tertiary/aromatic N) is 6. The van der Waals surface area contributed by atoms with E-state index >= 15 is 0 Å². The summed E-state index contributed by atoms with van der Waals surface area (Å²) in [7, 11) is 0. The first-order valence-electron chi connectivity index (χ1n) is 9.50. The molecular weight excluding hydrogens is 380 g/mol. The molecule has 29 heavy (non-hydrogen) atoms. The quantitative estimate of drug-likeness (QED) is 0.493. The lowest BCUT2D eigenvalue weighted by atomic mass is 10.0. The van der Waals surface area contributed by atoms with Gasteiger partial charge in [0.15, 0.2) is 11.0 Å². The molecule has 3 rings (SSSR count). The Morgan fingerprint density at radius 3 is 2.62 bits per heavy atom. The predicted molar refractivity (Wildman–Crippen MR) is 113 cm³/mol. The molecule has 7 heteroatoms. The molecule has 0 N–H and O–H groups in total. The zero-order valence-corrected chi connectivity index (χ0v) is 17.3. The maximum absolute atomic E-state index is 9.39. The Bertz CT molecular complexity index is 1030. The molecular formula is C22H22N6S. The van der Waals surface area contributed by atoms with Crippen molar-refractivity contribution in [3.63, 3.8) is 0 Å². The molecule has 0 aliphatic heterocycles. The highest BCUT2D eigenvalue weighted by molar-refractivity contribution is 7.99. The van der Waals surface area contributed by atoms with E-state index in [2.05, 4.69) is 57.9 Å². The first-order valence-corrected chi connectivity index (χ1v) is 10.5. The van der Waals surface area contributed by atoms with Crippen LogP contribution in [0, 0.1) is 28.6 Å². The smallest absolute Gasteiger partial charge is 0.196 e. The minimum Gasteiger partial charge on any atom is -0.270 e. The number of pyridine rings is 1. The summed E-state index contributed by atoms with van der Waals surface area (Å²) in [5, 5.41) is 27.8. The Morgan fingerprint density at radius 2 is 1.93 bits per heavy atom. The number of hydrogen-bond acceptors (Lipinski definition) is 6. The van der Waals surface area contributed by atoms with Crippen molar-refractivity contribution >= 4 is 11.8 Å². The van der Waals surface area contributed by atoms with Gasteiger partial charge in [-0.15, -0.1) is 10.2 Å². The van der Waals surface area contributed by atoms with Crippen LogP contribution in [0.3, 0.4) is 0 Å². The van der Waals surface area contributed by atoms with Crippen molar-refractivity contribution in [1.82, 2.24) is 19.7 Å². The number of thioether (sulfide) groups is 1. The molecule has 0 radical (unpaired) electrons. The average Bonchev–Trinajstić information content (AvgIpc) is 3.18. The van der Waals surface area contributed by atoms with E-state index < -0.39 is 0 Å². The molecule has 0 saturated heterocycles. The van der Waals surface area contributed by atoms with Crippen molar-refractivity contribution in [2.24, 2.45) is 5.92 Å². The van der Waals surface area contributed by atoms with Gasteiger partial charge in [-0.2, -0.15) is 10.5 Å². The Hall–Kier alpha value is -3.16. The van der Waals surface area contributed by atoms with Crippen LogP contribution in [-0.2, 0) is 0 Å². The fraction of sp³-hybridized carbons (Fsp3) is 0.318. The standard InChI is InChI=1S/C22H22N6S/c1-16(2)19-9-3-4-10-20(19)28-21(18-8-6-12-25-14-18)26-27-22(28)29-15-17(13-24)7-5-11-23/h3-4,6,8-10,12,14,16-17H,5,7,15H2,1-2H3. The molecule has 1 unspecified atom stereocenters. The molecule has 2 heterocycles. The van der Waals surface area contributed by atoms with E-state index in [4.69, 9.17) is 5.26 Å². The largest absolute Gasteiger partial charge is 0.270 e. The molecule has 1 aromatic carbocycles. The molecule has 0 amide bonds. The van der Waals surface area contributed by atoms with Crippen LogP contribution >= 0.6 is 11.8 Å². The summed E-state index contributed by atoms with van der Waals surface area (Å²) in [5.41, 5.74) is 3.10. The lowest BCUT2D eigenvalue weighted by Crippen LogP contribution is -2.06. The van der Waals surface area contributed by atoms with Crippen molar-refractivity contribution in [3.8, 4) is 29.2 Å². The first kappa shape index (κ1) is 20.6. The third kappa shape index (κ3) is 4.82. The van der Waals surface area contributed by atoms with E-state index in [9.17, 15) is 5.26 Å². The minimum atomic E-state index is -0.202. The molecule has 0 saturated carbocycles. The molecule has 0 aliphatic carbocycles. The summed E-state index contributed by atoms with van der Waals surface area (Å²) in [4.78, 5) is 4.22. The maximum atomic E-state index is 9.39. The lowest BCUT2D eigenvalue weighted by Gasteiger charge is -2.17. The predicted octanol–water partition coefficient (Wildman–Crippen LogP) is 4.99. The molecule has 0 fully saturated rings. The van der Waals surface area contributed by atoms with Crippen LogP contribution in [0.15, 0.2) is 53.9 Å². The topological polar surface area (TPSA) is 91.2 Å². The summed E-state index contributed by atoms with van der Waals surface area (Å²) in [6, 6.07) is 16.5. The molecule has 0 bridgehead atoms. The van der Waals surface area contributed by atoms with Gasteiger partial charge in [0.05, 0.1) is 23.7 Å². The van der Waals surface area contributed by atoms with Gasteiger partial charge in [0, 0.05) is 30.1 Å². The van der Waals surface area contributed by atoms with Crippen LogP contribution in [0.25, 0.3) is 17.1 Å². The molecule has 0 aliphatic rings. The number of aromatic nitrogens is 4. The van der Waals surface area contributed by atoms with E-state index in [1.165, 1.54) is 17.3 Å². The van der Waals surface area contributed by atoms with Gasteiger partial charge in [0.1, 0.15) is 0 Å². The summed E-state index contributed by atoms with van der Waals surface area (Å²) in [6.45, 7) is 4.32. The number of benzene rings is 1. The highest BCUT2D eigenvalue weighted by Crippen LogP contribution is 2.32. The molecule has 0 spiro atoms. The highest BCUT2D eigenvalue weighted by Gasteiger charge is 2.20. The first-order chi connectivity index (χ1) is 14.2. The number of rotatable bonds is 8. The summed E-state index contributed by atoms with van der Waals surface area (Å²) < 4.78 is 2.05. The van der Waals surface area contributed by atoms with E-state index in [0.29, 0.717) is 24.5 Å². The third-order valence-electron chi connectivity index (χ3n) is 4.55. The van der Waals surface area contributed by atoms with Crippen LogP contribution in [-0.4, -0.2) is 25.5 Å². The summed E-state index contributed by atoms with van der Waals surface area (Å²) >= 11 is 1.50. The monoisotopic (exact) mass is 402 g/mol. The second-order valence-corrected chi connectivity index (χ2v) is 7.92. The van der Waals surface area contributed by atoms with E-state index in [1.807, 2.05) is 24.3 Å². The zero-order chi connectivity index (χ0) is 20.6. The molecule has 2 aromatic heterocycles. The number of para-hydroxylation sites is 1. The van der Waals surface area contributed by atoms with E-state index in [1.54, 1.807) is 12.4 Å². The Labute approximate surface area is 175 Å². The second-order valence-electron chi connectivity index (χ2n) is 6.93. The van der Waals surface area contributed by atoms with Crippen LogP contribution in [0.5, 0.6) is 0 Å². The van der Waals surface area contributed by atoms with E-state index in [0.717, 1.165) is 22.2 Å². The molecule has 1 atom stereocenters. The second kappa shape index (κ2) is 9.86. The SMILES string of the molecule is CC(C)c1ccccc1-n1c(SCC(C#N)CCC#N)nnc1-c1cccnc1. The van der Waals surface area contributed by atoms with Crippen LogP contribution in [0.2, 0.25) is 0 Å². The highest BCUT2D eigenvalue weighted by atomic mass is 32.2. The van der Waals surface area contributed by atoms with E-state index in [-0.39, 0.29) is 5.92 Å². The third-order valence-corrected chi connectivity index (χ3v) is 5.65. The molecule has 6 nitrogen and oxygen atoms in total. The van der Waals surface area contributed by atoms with Gasteiger partial charge in [-0.25, -0.2) is 0 Å². The Kier molecular flexibility index (Phi) is 6.99. The fourth-order valence-corrected chi connectivity index (χ4v) is 4.04. The van der Waals surface area contributed by atoms with Gasteiger partial charge in [0.2, 0.25) is 0 Å². The number of nitriles is 2. The van der Waals surface area contributed by atoms with Gasteiger partial charge in [-0.1, -0.05) is 43.8 Å². The van der Waals surface area contributed by atoms with Crippen molar-refractivity contribution < 1.29 is 0 Å². The Balaban J connectivity index is 2.04. The Morgan fingerprint density at radius 1 is 1.10 bits per heavy atom. The normalized spacial score (nSPS) is 11.8. The summed E-state index contributed by atoms with van der Waals surface area (Å²) in [5.74, 6) is 1.41. The summed E-state index contributed by atoms with van der Waals surface area (Å²) in [6.07, 6.45) is 4.45. The van der Waals surface area contributed by atoms with Gasteiger partial charge in [-0.05, 0) is 36.1 Å². The lowest BCUT2D eigenvalue weighted by molar-refractivity contribution is 0.683. The number of hydrogen-bond donors (Lipinski definition) is 0.